The molecule has 3 rings (SSSR count). The number of halogens is 3. The molecule has 152 valence electrons. The van der Waals surface area contributed by atoms with Gasteiger partial charge in [-0.05, 0) is 50.1 Å². The molecule has 7 nitrogen and oxygen atoms in total. The van der Waals surface area contributed by atoms with Crippen molar-refractivity contribution in [2.45, 2.75) is 32.0 Å². The lowest BCUT2D eigenvalue weighted by atomic mass is 10.0. The van der Waals surface area contributed by atoms with Crippen molar-refractivity contribution in [3.63, 3.8) is 0 Å². The zero-order valence-corrected chi connectivity index (χ0v) is 15.8. The number of nitrogens with one attached hydrogen (secondary N) is 3. The fraction of sp³-hybridized carbons (Fsp3) is 0.412. The van der Waals surface area contributed by atoms with Crippen LogP contribution in [0.1, 0.15) is 24.0 Å². The van der Waals surface area contributed by atoms with Gasteiger partial charge < -0.3 is 10.6 Å². The lowest BCUT2D eigenvalue weighted by molar-refractivity contribution is -0.137. The number of aryl methyl sites for hydroxylation is 1. The number of aromatic nitrogens is 2. The van der Waals surface area contributed by atoms with E-state index < -0.39 is 23.0 Å². The molecule has 0 amide bonds. The summed E-state index contributed by atoms with van der Waals surface area (Å²) in [6.07, 6.45) is -2.51. The van der Waals surface area contributed by atoms with Gasteiger partial charge in [0, 0.05) is 18.2 Å². The molecule has 0 aliphatic carbocycles. The van der Waals surface area contributed by atoms with Crippen LogP contribution in [0, 0.1) is 6.92 Å². The van der Waals surface area contributed by atoms with Crippen LogP contribution >= 0.6 is 0 Å². The van der Waals surface area contributed by atoms with Crippen molar-refractivity contribution >= 4 is 22.8 Å². The lowest BCUT2D eigenvalue weighted by Crippen LogP contribution is -2.38. The molecule has 0 saturated carbocycles. The number of hydrogen-bond donors (Lipinski definition) is 4. The second-order valence-corrected chi connectivity index (χ2v) is 7.26. The van der Waals surface area contributed by atoms with E-state index in [0.29, 0.717) is 17.1 Å². The zero-order valence-electron chi connectivity index (χ0n) is 15.0. The van der Waals surface area contributed by atoms with Gasteiger partial charge >= 0.3 is 6.18 Å². The molecule has 4 N–H and O–H groups in total. The van der Waals surface area contributed by atoms with Gasteiger partial charge in [0.2, 0.25) is 0 Å². The summed E-state index contributed by atoms with van der Waals surface area (Å²) in [6.45, 7) is 3.56. The Morgan fingerprint density at radius 2 is 2.07 bits per heavy atom. The van der Waals surface area contributed by atoms with Crippen LogP contribution in [0.4, 0.5) is 24.7 Å². The fourth-order valence-electron chi connectivity index (χ4n) is 3.11. The van der Waals surface area contributed by atoms with Crippen molar-refractivity contribution in [1.82, 2.24) is 15.5 Å². The van der Waals surface area contributed by atoms with Crippen molar-refractivity contribution in [2.24, 2.45) is 0 Å². The van der Waals surface area contributed by atoms with Crippen LogP contribution in [-0.4, -0.2) is 38.1 Å². The molecule has 1 saturated heterocycles. The summed E-state index contributed by atoms with van der Waals surface area (Å²) in [5.41, 5.74) is 0.177. The normalized spacial score (nSPS) is 18.5. The molecule has 1 aliphatic heterocycles. The third-order valence-corrected chi connectivity index (χ3v) is 4.83. The maximum Gasteiger partial charge on any atom is 0.416 e. The molecule has 1 aromatic carbocycles. The maximum atomic E-state index is 13.0. The van der Waals surface area contributed by atoms with Gasteiger partial charge in [-0.15, -0.1) is 10.2 Å². The molecule has 2 aromatic rings. The Balaban J connectivity index is 1.92. The van der Waals surface area contributed by atoms with Gasteiger partial charge in [0.05, 0.1) is 16.9 Å². The Labute approximate surface area is 162 Å². The number of nitrogens with zero attached hydrogens (tertiary/aromatic N) is 2. The van der Waals surface area contributed by atoms with Crippen molar-refractivity contribution in [2.75, 3.05) is 23.1 Å². The van der Waals surface area contributed by atoms with E-state index in [0.717, 1.165) is 38.1 Å². The van der Waals surface area contributed by atoms with E-state index in [2.05, 4.69) is 25.6 Å². The van der Waals surface area contributed by atoms with Crippen molar-refractivity contribution in [3.8, 4) is 11.3 Å². The van der Waals surface area contributed by atoms with E-state index in [1.807, 2.05) is 0 Å². The molecule has 1 fully saturated rings. The number of hydrogen-bond acceptors (Lipinski definition) is 5. The Kier molecular flexibility index (Phi) is 6.16. The molecular weight excluding hydrogens is 395 g/mol. The minimum Gasteiger partial charge on any atom is -0.365 e. The van der Waals surface area contributed by atoms with E-state index >= 15 is 0 Å². The SMILES string of the molecule is Cc1cc(N[C@H]2CCCNC2)nnc1-c1ccc(C(F)(F)F)cc1NS(=O)O. The maximum absolute atomic E-state index is 13.0. The lowest BCUT2D eigenvalue weighted by Gasteiger charge is -2.24. The Morgan fingerprint density at radius 1 is 1.29 bits per heavy atom. The van der Waals surface area contributed by atoms with E-state index in [4.69, 9.17) is 4.55 Å². The van der Waals surface area contributed by atoms with Gasteiger partial charge in [-0.3, -0.25) is 9.27 Å². The van der Waals surface area contributed by atoms with Crippen LogP contribution in [-0.2, 0) is 17.4 Å². The Hall–Kier alpha value is -2.24. The molecule has 1 aliphatic rings. The van der Waals surface area contributed by atoms with Gasteiger partial charge in [-0.2, -0.15) is 13.2 Å². The quantitative estimate of drug-likeness (QED) is 0.560. The molecule has 28 heavy (non-hydrogen) atoms. The first-order valence-electron chi connectivity index (χ1n) is 8.65. The first-order chi connectivity index (χ1) is 13.2. The first-order valence-corrected chi connectivity index (χ1v) is 9.75. The van der Waals surface area contributed by atoms with E-state index in [1.165, 1.54) is 6.07 Å². The molecule has 11 heteroatoms. The van der Waals surface area contributed by atoms with Gasteiger partial charge in [-0.1, -0.05) is 6.07 Å². The largest absolute Gasteiger partial charge is 0.416 e. The number of benzene rings is 1. The predicted octanol–water partition coefficient (Wildman–Crippen LogP) is 3.18. The van der Waals surface area contributed by atoms with Crippen molar-refractivity contribution in [1.29, 1.82) is 0 Å². The van der Waals surface area contributed by atoms with Gasteiger partial charge in [-0.25, -0.2) is 4.21 Å². The third-order valence-electron chi connectivity index (χ3n) is 4.43. The number of rotatable bonds is 5. The minimum atomic E-state index is -4.57. The highest BCUT2D eigenvalue weighted by atomic mass is 32.2. The van der Waals surface area contributed by atoms with Gasteiger partial charge in [0.1, 0.15) is 5.82 Å². The van der Waals surface area contributed by atoms with E-state index in [1.54, 1.807) is 13.0 Å². The molecule has 1 aromatic heterocycles. The topological polar surface area (TPSA) is 99.2 Å². The van der Waals surface area contributed by atoms with Crippen LogP contribution in [0.5, 0.6) is 0 Å². The van der Waals surface area contributed by atoms with Crippen LogP contribution in [0.25, 0.3) is 11.3 Å². The number of anilines is 2. The Morgan fingerprint density at radius 3 is 2.68 bits per heavy atom. The van der Waals surface area contributed by atoms with Crippen molar-refractivity contribution in [3.05, 3.63) is 35.4 Å². The molecule has 2 heterocycles. The van der Waals surface area contributed by atoms with Crippen LogP contribution in [0.3, 0.4) is 0 Å². The smallest absolute Gasteiger partial charge is 0.365 e. The summed E-state index contributed by atoms with van der Waals surface area (Å²) < 4.78 is 61.3. The average molecular weight is 415 g/mol. The summed E-state index contributed by atoms with van der Waals surface area (Å²) in [4.78, 5) is 0. The Bertz CT molecular complexity index is 872. The second kappa shape index (κ2) is 8.41. The van der Waals surface area contributed by atoms with Gasteiger partial charge in [0.25, 0.3) is 11.3 Å². The molecule has 1 unspecified atom stereocenters. The third kappa shape index (κ3) is 4.97. The molecule has 0 radical (unpaired) electrons. The summed E-state index contributed by atoms with van der Waals surface area (Å²) >= 11 is -2.54. The molecular formula is C17H20F3N5O2S. The highest BCUT2D eigenvalue weighted by Gasteiger charge is 2.31. The van der Waals surface area contributed by atoms with Gasteiger partial charge in [0.15, 0.2) is 0 Å². The highest BCUT2D eigenvalue weighted by molar-refractivity contribution is 7.80. The molecule has 2 atom stereocenters. The summed E-state index contributed by atoms with van der Waals surface area (Å²) in [6, 6.07) is 4.89. The first kappa shape index (κ1) is 20.5. The average Bonchev–Trinajstić information content (AvgIpc) is 2.62. The van der Waals surface area contributed by atoms with Crippen LogP contribution < -0.4 is 15.4 Å². The summed E-state index contributed by atoms with van der Waals surface area (Å²) in [5.74, 6) is 0.571. The van der Waals surface area contributed by atoms with E-state index in [-0.39, 0.29) is 17.3 Å². The fourth-order valence-corrected chi connectivity index (χ4v) is 3.47. The zero-order chi connectivity index (χ0) is 20.3. The molecule has 0 spiro atoms. The van der Waals surface area contributed by atoms with Crippen LogP contribution in [0.2, 0.25) is 0 Å². The summed E-state index contributed by atoms with van der Waals surface area (Å²) in [5, 5.41) is 14.8. The standard InChI is InChI=1S/C17H20F3N5O2S/c1-10-7-15(22-12-3-2-6-21-9-12)23-24-16(10)13-5-4-11(17(18,19)20)8-14(13)25-28(26)27/h4-5,7-8,12,21,25H,2-3,6,9H2,1H3,(H,22,23)(H,26,27)/t12-/m0/s1. The predicted molar refractivity (Wildman–Crippen MR) is 101 cm³/mol. The second-order valence-electron chi connectivity index (χ2n) is 6.56. The summed E-state index contributed by atoms with van der Waals surface area (Å²) in [7, 11) is 0. The number of alkyl halides is 3. The highest BCUT2D eigenvalue weighted by Crippen LogP contribution is 2.36. The van der Waals surface area contributed by atoms with E-state index in [9.17, 15) is 17.4 Å². The monoisotopic (exact) mass is 415 g/mol. The van der Waals surface area contributed by atoms with Crippen molar-refractivity contribution < 1.29 is 21.9 Å². The number of piperidine rings is 1. The van der Waals surface area contributed by atoms with Crippen LogP contribution in [0.15, 0.2) is 24.3 Å². The minimum absolute atomic E-state index is 0.148. The molecule has 0 bridgehead atoms.